The van der Waals surface area contributed by atoms with E-state index in [0.29, 0.717) is 0 Å². The van der Waals surface area contributed by atoms with E-state index < -0.39 is 0 Å². The van der Waals surface area contributed by atoms with Crippen molar-refractivity contribution in [3.05, 3.63) is 46.5 Å². The summed E-state index contributed by atoms with van der Waals surface area (Å²) in [6.07, 6.45) is 0. The molecule has 2 aromatic carbocycles. The van der Waals surface area contributed by atoms with Crippen LogP contribution >= 0.6 is 22.7 Å². The molecule has 2 aromatic heterocycles. The van der Waals surface area contributed by atoms with Gasteiger partial charge in [0.25, 0.3) is 5.69 Å². The highest BCUT2D eigenvalue weighted by Gasteiger charge is 2.14. The SMILES string of the molecule is Nc1ccc2c(c1)sc1c3ccc([N+](=O)[O-])cc3sc21. The molecule has 4 aromatic rings. The molecule has 20 heavy (non-hydrogen) atoms. The minimum Gasteiger partial charge on any atom is -0.399 e. The van der Waals surface area contributed by atoms with Gasteiger partial charge in [-0.25, -0.2) is 0 Å². The fourth-order valence-electron chi connectivity index (χ4n) is 2.37. The fourth-order valence-corrected chi connectivity index (χ4v) is 5.11. The number of thiophene rings is 2. The lowest BCUT2D eigenvalue weighted by Crippen LogP contribution is -1.85. The predicted molar refractivity (Wildman–Crippen MR) is 85.8 cm³/mol. The molecule has 0 saturated carbocycles. The van der Waals surface area contributed by atoms with Gasteiger partial charge in [-0.15, -0.1) is 22.7 Å². The van der Waals surface area contributed by atoms with Gasteiger partial charge in [-0.05, 0) is 18.2 Å². The molecule has 0 aliphatic heterocycles. The molecule has 6 heteroatoms. The molecule has 98 valence electrons. The number of nitro groups is 1. The number of anilines is 1. The van der Waals surface area contributed by atoms with Crippen LogP contribution in [0.5, 0.6) is 0 Å². The van der Waals surface area contributed by atoms with E-state index in [1.54, 1.807) is 34.8 Å². The Balaban J connectivity index is 2.12. The van der Waals surface area contributed by atoms with E-state index in [2.05, 4.69) is 0 Å². The number of nitro benzene ring substituents is 1. The van der Waals surface area contributed by atoms with E-state index in [9.17, 15) is 10.1 Å². The van der Waals surface area contributed by atoms with Gasteiger partial charge in [-0.3, -0.25) is 10.1 Å². The van der Waals surface area contributed by atoms with Crippen molar-refractivity contribution in [2.24, 2.45) is 0 Å². The summed E-state index contributed by atoms with van der Waals surface area (Å²) < 4.78 is 4.48. The quantitative estimate of drug-likeness (QED) is 0.313. The van der Waals surface area contributed by atoms with Gasteiger partial charge in [0.2, 0.25) is 0 Å². The molecule has 0 unspecified atom stereocenters. The third-order valence-corrected chi connectivity index (χ3v) is 5.80. The first-order valence-electron chi connectivity index (χ1n) is 5.92. The second-order valence-corrected chi connectivity index (χ2v) is 6.66. The molecule has 4 rings (SSSR count). The van der Waals surface area contributed by atoms with Gasteiger partial charge in [-0.1, -0.05) is 6.07 Å². The van der Waals surface area contributed by atoms with E-state index in [4.69, 9.17) is 5.73 Å². The van der Waals surface area contributed by atoms with Crippen LogP contribution in [-0.4, -0.2) is 4.92 Å². The first-order chi connectivity index (χ1) is 9.63. The van der Waals surface area contributed by atoms with Crippen molar-refractivity contribution < 1.29 is 4.92 Å². The highest BCUT2D eigenvalue weighted by atomic mass is 32.1. The zero-order valence-electron chi connectivity index (χ0n) is 10.1. The van der Waals surface area contributed by atoms with Gasteiger partial charge in [0.15, 0.2) is 0 Å². The Morgan fingerprint density at radius 1 is 0.950 bits per heavy atom. The highest BCUT2D eigenvalue weighted by Crippen LogP contribution is 2.45. The largest absolute Gasteiger partial charge is 0.399 e. The molecule has 4 nitrogen and oxygen atoms in total. The summed E-state index contributed by atoms with van der Waals surface area (Å²) in [7, 11) is 0. The van der Waals surface area contributed by atoms with Crippen molar-refractivity contribution in [2.45, 2.75) is 0 Å². The number of nitrogens with zero attached hydrogens (tertiary/aromatic N) is 1. The molecule has 0 bridgehead atoms. The topological polar surface area (TPSA) is 69.2 Å². The van der Waals surface area contributed by atoms with Crippen molar-refractivity contribution in [2.75, 3.05) is 5.73 Å². The number of nitrogens with two attached hydrogens (primary N) is 1. The van der Waals surface area contributed by atoms with E-state index in [-0.39, 0.29) is 10.6 Å². The zero-order chi connectivity index (χ0) is 13.9. The van der Waals surface area contributed by atoms with Gasteiger partial charge in [-0.2, -0.15) is 0 Å². The third-order valence-electron chi connectivity index (χ3n) is 3.30. The number of hydrogen-bond acceptors (Lipinski definition) is 5. The Morgan fingerprint density at radius 3 is 2.20 bits per heavy atom. The van der Waals surface area contributed by atoms with Crippen molar-refractivity contribution in [3.63, 3.8) is 0 Å². The van der Waals surface area contributed by atoms with Crippen LogP contribution in [0.15, 0.2) is 36.4 Å². The summed E-state index contributed by atoms with van der Waals surface area (Å²) in [5.41, 5.74) is 6.71. The summed E-state index contributed by atoms with van der Waals surface area (Å²) in [4.78, 5) is 10.5. The van der Waals surface area contributed by atoms with Crippen LogP contribution in [0, 0.1) is 10.1 Å². The van der Waals surface area contributed by atoms with Gasteiger partial charge in [0, 0.05) is 38.0 Å². The lowest BCUT2D eigenvalue weighted by molar-refractivity contribution is -0.384. The van der Waals surface area contributed by atoms with Crippen LogP contribution in [-0.2, 0) is 0 Å². The fraction of sp³-hybridized carbons (Fsp3) is 0. The molecule has 0 aliphatic rings. The van der Waals surface area contributed by atoms with Crippen molar-refractivity contribution >= 4 is 63.6 Å². The van der Waals surface area contributed by atoms with Crippen molar-refractivity contribution in [3.8, 4) is 0 Å². The summed E-state index contributed by atoms with van der Waals surface area (Å²) in [5, 5.41) is 13.1. The Hall–Kier alpha value is -2.18. The van der Waals surface area contributed by atoms with Crippen LogP contribution < -0.4 is 5.73 Å². The normalized spacial score (nSPS) is 11.6. The maximum atomic E-state index is 10.8. The molecule has 0 fully saturated rings. The van der Waals surface area contributed by atoms with Gasteiger partial charge in [0.1, 0.15) is 0 Å². The molecule has 0 spiro atoms. The van der Waals surface area contributed by atoms with E-state index in [0.717, 1.165) is 20.5 Å². The summed E-state index contributed by atoms with van der Waals surface area (Å²) in [5.74, 6) is 0. The zero-order valence-corrected chi connectivity index (χ0v) is 11.8. The van der Waals surface area contributed by atoms with Gasteiger partial charge >= 0.3 is 0 Å². The lowest BCUT2D eigenvalue weighted by Gasteiger charge is -1.93. The number of nitrogen functional groups attached to an aromatic ring is 1. The molecule has 0 atom stereocenters. The Bertz CT molecular complexity index is 1000. The van der Waals surface area contributed by atoms with Crippen molar-refractivity contribution in [1.29, 1.82) is 0 Å². The predicted octanol–water partition coefficient (Wildman–Crippen LogP) is 4.76. The molecule has 0 radical (unpaired) electrons. The lowest BCUT2D eigenvalue weighted by atomic mass is 10.2. The van der Waals surface area contributed by atoms with Crippen LogP contribution in [0.25, 0.3) is 29.6 Å². The molecule has 0 saturated heterocycles. The highest BCUT2D eigenvalue weighted by molar-refractivity contribution is 7.36. The maximum Gasteiger partial charge on any atom is 0.270 e. The monoisotopic (exact) mass is 300 g/mol. The second kappa shape index (κ2) is 3.91. The number of hydrogen-bond donors (Lipinski definition) is 1. The summed E-state index contributed by atoms with van der Waals surface area (Å²) in [6.45, 7) is 0. The van der Waals surface area contributed by atoms with Crippen LogP contribution in [0.1, 0.15) is 0 Å². The second-order valence-electron chi connectivity index (χ2n) is 4.56. The molecular weight excluding hydrogens is 292 g/mol. The molecule has 0 aliphatic carbocycles. The average molecular weight is 300 g/mol. The molecule has 0 amide bonds. The van der Waals surface area contributed by atoms with Crippen LogP contribution in [0.4, 0.5) is 11.4 Å². The first kappa shape index (κ1) is 11.6. The number of fused-ring (bicyclic) bond motifs is 5. The molecule has 2 heterocycles. The summed E-state index contributed by atoms with van der Waals surface area (Å²) in [6, 6.07) is 10.9. The van der Waals surface area contributed by atoms with E-state index >= 15 is 0 Å². The molecule has 2 N–H and O–H groups in total. The van der Waals surface area contributed by atoms with Crippen LogP contribution in [0.2, 0.25) is 0 Å². The minimum absolute atomic E-state index is 0.139. The number of non-ortho nitro benzene ring substituents is 1. The Morgan fingerprint density at radius 2 is 1.55 bits per heavy atom. The third kappa shape index (κ3) is 1.52. The molecular formula is C14H8N2O2S2. The van der Waals surface area contributed by atoms with Gasteiger partial charge < -0.3 is 5.73 Å². The number of rotatable bonds is 1. The smallest absolute Gasteiger partial charge is 0.270 e. The first-order valence-corrected chi connectivity index (χ1v) is 7.55. The van der Waals surface area contributed by atoms with Crippen LogP contribution in [0.3, 0.4) is 0 Å². The van der Waals surface area contributed by atoms with E-state index in [1.165, 1.54) is 14.8 Å². The van der Waals surface area contributed by atoms with Gasteiger partial charge in [0.05, 0.1) is 14.3 Å². The Labute approximate surface area is 121 Å². The van der Waals surface area contributed by atoms with E-state index in [1.807, 2.05) is 24.3 Å². The maximum absolute atomic E-state index is 10.8. The Kier molecular flexibility index (Phi) is 2.27. The standard InChI is InChI=1S/C14H8N2O2S2/c15-7-1-3-9-11(5-7)19-14-10-4-2-8(16(17)18)6-12(10)20-13(9)14/h1-6H,15H2. The minimum atomic E-state index is -0.355. The number of benzene rings is 2. The van der Waals surface area contributed by atoms with Crippen molar-refractivity contribution in [1.82, 2.24) is 0 Å². The summed E-state index contributed by atoms with van der Waals surface area (Å²) >= 11 is 3.29. The average Bonchev–Trinajstić information content (AvgIpc) is 2.92.